The maximum atomic E-state index is 13.0. The number of ketones is 1. The lowest BCUT2D eigenvalue weighted by Gasteiger charge is -2.28. The highest BCUT2D eigenvalue weighted by Gasteiger charge is 2.45. The topological polar surface area (TPSA) is 60.9 Å². The fourth-order valence-corrected chi connectivity index (χ4v) is 3.98. The molecule has 1 amide bonds. The molecular weight excluding hydrogens is 423 g/mol. The predicted molar refractivity (Wildman–Crippen MR) is 120 cm³/mol. The van der Waals surface area contributed by atoms with E-state index in [-0.39, 0.29) is 16.4 Å². The molecule has 0 radical (unpaired) electrons. The summed E-state index contributed by atoms with van der Waals surface area (Å²) in [5, 5.41) is 11.6. The second-order valence-electron chi connectivity index (χ2n) is 7.06. The zero-order valence-corrected chi connectivity index (χ0v) is 18.5. The Labute approximate surface area is 186 Å². The highest BCUT2D eigenvalue weighted by molar-refractivity contribution is 6.46. The van der Waals surface area contributed by atoms with Gasteiger partial charge in [-0.25, -0.2) is 0 Å². The zero-order chi connectivity index (χ0) is 21.8. The molecule has 5 nitrogen and oxygen atoms in total. The van der Waals surface area contributed by atoms with Crippen molar-refractivity contribution in [3.05, 3.63) is 75.3 Å². The Morgan fingerprint density at radius 2 is 1.70 bits per heavy atom. The molecule has 1 N–H and O–H groups in total. The third kappa shape index (κ3) is 4.38. The SMILES string of the molecule is CCN(CC)CCN1C(=O)C(=O)/C(=C(\O)c2ccc(Cl)c(Cl)c2)C1c1ccccc1. The molecule has 2 aromatic rings. The number of carbonyl (C=O) groups is 2. The fraction of sp³-hybridized carbons (Fsp3) is 0.304. The summed E-state index contributed by atoms with van der Waals surface area (Å²) in [5.41, 5.74) is 1.16. The number of aliphatic hydroxyl groups is 1. The number of likely N-dealkylation sites (tertiary alicyclic amines) is 1. The summed E-state index contributed by atoms with van der Waals surface area (Å²) in [6.45, 7) is 6.81. The lowest BCUT2D eigenvalue weighted by molar-refractivity contribution is -0.140. The van der Waals surface area contributed by atoms with Crippen molar-refractivity contribution in [2.75, 3.05) is 26.2 Å². The van der Waals surface area contributed by atoms with Crippen molar-refractivity contribution in [1.82, 2.24) is 9.80 Å². The average Bonchev–Trinajstić information content (AvgIpc) is 3.01. The Morgan fingerprint density at radius 3 is 2.30 bits per heavy atom. The molecule has 0 aliphatic carbocycles. The molecule has 1 atom stereocenters. The number of benzene rings is 2. The van der Waals surface area contributed by atoms with Crippen molar-refractivity contribution < 1.29 is 14.7 Å². The van der Waals surface area contributed by atoms with E-state index in [2.05, 4.69) is 18.7 Å². The van der Waals surface area contributed by atoms with Crippen molar-refractivity contribution in [1.29, 1.82) is 0 Å². The Hall–Kier alpha value is -2.34. The Morgan fingerprint density at radius 1 is 1.03 bits per heavy atom. The Kier molecular flexibility index (Phi) is 7.19. The first-order valence-electron chi connectivity index (χ1n) is 9.90. The summed E-state index contributed by atoms with van der Waals surface area (Å²) in [5.74, 6) is -1.57. The van der Waals surface area contributed by atoms with Crippen LogP contribution in [0.25, 0.3) is 5.76 Å². The van der Waals surface area contributed by atoms with Crippen LogP contribution in [0.2, 0.25) is 10.0 Å². The summed E-state index contributed by atoms with van der Waals surface area (Å²) < 4.78 is 0. The van der Waals surface area contributed by atoms with E-state index in [1.165, 1.54) is 6.07 Å². The molecule has 1 aliphatic heterocycles. The number of carbonyl (C=O) groups excluding carboxylic acids is 2. The third-order valence-corrected chi connectivity index (χ3v) is 6.14. The minimum absolute atomic E-state index is 0.0594. The molecule has 1 fully saturated rings. The number of Topliss-reactive ketones (excluding diaryl/α,β-unsaturated/α-hetero) is 1. The number of amides is 1. The second kappa shape index (κ2) is 9.65. The van der Waals surface area contributed by atoms with Gasteiger partial charge in [0, 0.05) is 18.7 Å². The smallest absolute Gasteiger partial charge is 0.295 e. The van der Waals surface area contributed by atoms with Crippen LogP contribution in [0, 0.1) is 0 Å². The molecule has 0 aromatic heterocycles. The van der Waals surface area contributed by atoms with Crippen LogP contribution in [0.5, 0.6) is 0 Å². The van der Waals surface area contributed by atoms with Crippen LogP contribution in [0.15, 0.2) is 54.1 Å². The summed E-state index contributed by atoms with van der Waals surface area (Å²) >= 11 is 12.1. The maximum Gasteiger partial charge on any atom is 0.295 e. The van der Waals surface area contributed by atoms with Gasteiger partial charge in [0.05, 0.1) is 21.7 Å². The lowest BCUT2D eigenvalue weighted by atomic mass is 9.95. The Bertz CT molecular complexity index is 972. The molecule has 0 saturated carbocycles. The first-order valence-corrected chi connectivity index (χ1v) is 10.7. The van der Waals surface area contributed by atoms with Gasteiger partial charge in [0.1, 0.15) is 5.76 Å². The number of nitrogens with zero attached hydrogens (tertiary/aromatic N) is 2. The van der Waals surface area contributed by atoms with Gasteiger partial charge in [-0.3, -0.25) is 9.59 Å². The highest BCUT2D eigenvalue weighted by atomic mass is 35.5. The highest BCUT2D eigenvalue weighted by Crippen LogP contribution is 2.39. The molecule has 0 spiro atoms. The van der Waals surface area contributed by atoms with Gasteiger partial charge in [-0.2, -0.15) is 0 Å². The van der Waals surface area contributed by atoms with Crippen molar-refractivity contribution >= 4 is 40.7 Å². The number of rotatable bonds is 7. The third-order valence-electron chi connectivity index (χ3n) is 5.40. The van der Waals surface area contributed by atoms with Crippen LogP contribution in [0.4, 0.5) is 0 Å². The van der Waals surface area contributed by atoms with Gasteiger partial charge in [0.25, 0.3) is 11.7 Å². The lowest BCUT2D eigenvalue weighted by Crippen LogP contribution is -2.38. The van der Waals surface area contributed by atoms with Crippen LogP contribution in [0.1, 0.15) is 31.0 Å². The summed E-state index contributed by atoms with van der Waals surface area (Å²) in [4.78, 5) is 29.6. The molecule has 1 heterocycles. The van der Waals surface area contributed by atoms with Crippen molar-refractivity contribution in [2.24, 2.45) is 0 Å². The van der Waals surface area contributed by atoms with E-state index in [1.807, 2.05) is 30.3 Å². The van der Waals surface area contributed by atoms with E-state index < -0.39 is 17.7 Å². The van der Waals surface area contributed by atoms with E-state index >= 15 is 0 Å². The average molecular weight is 447 g/mol. The summed E-state index contributed by atoms with van der Waals surface area (Å²) in [6.07, 6.45) is 0. The van der Waals surface area contributed by atoms with Crippen LogP contribution >= 0.6 is 23.2 Å². The van der Waals surface area contributed by atoms with Gasteiger partial charge >= 0.3 is 0 Å². The van der Waals surface area contributed by atoms with Crippen molar-refractivity contribution in [2.45, 2.75) is 19.9 Å². The summed E-state index contributed by atoms with van der Waals surface area (Å²) in [7, 11) is 0. The molecule has 7 heteroatoms. The molecule has 1 aliphatic rings. The van der Waals surface area contributed by atoms with Crippen LogP contribution < -0.4 is 0 Å². The normalized spacial score (nSPS) is 18.4. The number of hydrogen-bond acceptors (Lipinski definition) is 4. The van der Waals surface area contributed by atoms with Crippen molar-refractivity contribution in [3.63, 3.8) is 0 Å². The molecule has 30 heavy (non-hydrogen) atoms. The number of likely N-dealkylation sites (N-methyl/N-ethyl adjacent to an activating group) is 1. The van der Waals surface area contributed by atoms with Gasteiger partial charge < -0.3 is 14.9 Å². The van der Waals surface area contributed by atoms with Gasteiger partial charge in [-0.05, 0) is 36.9 Å². The van der Waals surface area contributed by atoms with E-state index in [4.69, 9.17) is 23.2 Å². The first-order chi connectivity index (χ1) is 14.4. The van der Waals surface area contributed by atoms with Crippen LogP contribution in [0.3, 0.4) is 0 Å². The van der Waals surface area contributed by atoms with Crippen molar-refractivity contribution in [3.8, 4) is 0 Å². The molecule has 1 saturated heterocycles. The fourth-order valence-electron chi connectivity index (χ4n) is 3.68. The summed E-state index contributed by atoms with van der Waals surface area (Å²) in [6, 6.07) is 13.2. The maximum absolute atomic E-state index is 13.0. The Balaban J connectivity index is 2.09. The van der Waals surface area contributed by atoms with Gasteiger partial charge in [-0.15, -0.1) is 0 Å². The van der Waals surface area contributed by atoms with E-state index in [1.54, 1.807) is 17.0 Å². The van der Waals surface area contributed by atoms with E-state index in [9.17, 15) is 14.7 Å². The molecule has 158 valence electrons. The zero-order valence-electron chi connectivity index (χ0n) is 16.9. The molecular formula is C23H24Cl2N2O3. The van der Waals surface area contributed by atoms with Crippen LogP contribution in [-0.2, 0) is 9.59 Å². The minimum atomic E-state index is -0.702. The quantitative estimate of drug-likeness (QED) is 0.378. The number of hydrogen-bond donors (Lipinski definition) is 1. The van der Waals surface area contributed by atoms with Gasteiger partial charge in [0.2, 0.25) is 0 Å². The number of aliphatic hydroxyl groups excluding tert-OH is 1. The number of halogens is 2. The molecule has 1 unspecified atom stereocenters. The van der Waals surface area contributed by atoms with E-state index in [0.717, 1.165) is 18.7 Å². The second-order valence-corrected chi connectivity index (χ2v) is 7.87. The van der Waals surface area contributed by atoms with E-state index in [0.29, 0.717) is 23.7 Å². The minimum Gasteiger partial charge on any atom is -0.507 e. The molecule has 0 bridgehead atoms. The molecule has 3 rings (SSSR count). The predicted octanol–water partition coefficient (Wildman–Crippen LogP) is 4.76. The van der Waals surface area contributed by atoms with Gasteiger partial charge in [-0.1, -0.05) is 67.4 Å². The monoisotopic (exact) mass is 446 g/mol. The standard InChI is InChI=1S/C23H24Cl2N2O3/c1-3-26(4-2)12-13-27-20(15-8-6-5-7-9-15)19(22(29)23(27)30)21(28)16-10-11-17(24)18(25)14-16/h5-11,14,20,28H,3-4,12-13H2,1-2H3/b21-19-. The first kappa shape index (κ1) is 22.3. The van der Waals surface area contributed by atoms with Gasteiger partial charge in [0.15, 0.2) is 0 Å². The largest absolute Gasteiger partial charge is 0.507 e. The van der Waals surface area contributed by atoms with Crippen LogP contribution in [-0.4, -0.2) is 52.8 Å². The molecule has 2 aromatic carbocycles.